The molecule has 0 aromatic rings. The lowest BCUT2D eigenvalue weighted by molar-refractivity contribution is -0.0658. The Morgan fingerprint density at radius 2 is 1.46 bits per heavy atom. The van der Waals surface area contributed by atoms with Crippen LogP contribution in [-0.4, -0.2) is 89.6 Å². The number of methoxy groups -OCH3 is 1. The van der Waals surface area contributed by atoms with E-state index in [-0.39, 0.29) is 12.2 Å². The molecule has 1 aliphatic heterocycles. The molecule has 3 unspecified atom stereocenters. The summed E-state index contributed by atoms with van der Waals surface area (Å²) in [5.41, 5.74) is 6.31. The lowest BCUT2D eigenvalue weighted by atomic mass is 9.48. The van der Waals surface area contributed by atoms with Crippen molar-refractivity contribution in [3.63, 3.8) is 0 Å². The normalized spacial score (nSPS) is 30.5. The van der Waals surface area contributed by atoms with Gasteiger partial charge >= 0.3 is 0 Å². The molecule has 0 bridgehead atoms. The Kier molecular flexibility index (Phi) is 24.4. The predicted octanol–water partition coefficient (Wildman–Crippen LogP) is 14.4. The highest BCUT2D eigenvalue weighted by Gasteiger charge is 2.58. The second-order valence-corrected chi connectivity index (χ2v) is 22.3. The summed E-state index contributed by atoms with van der Waals surface area (Å²) in [6.45, 7) is 21.8. The van der Waals surface area contributed by atoms with E-state index in [1.54, 1.807) is 5.57 Å². The molecule has 0 N–H and O–H groups in total. The zero-order valence-corrected chi connectivity index (χ0v) is 42.5. The minimum Gasteiger partial charge on any atom is -0.380 e. The highest BCUT2D eigenvalue weighted by atomic mass is 16.6. The van der Waals surface area contributed by atoms with Gasteiger partial charge in [0.05, 0.1) is 51.3 Å². The predicted molar refractivity (Wildman–Crippen MR) is 264 cm³/mol. The quantitative estimate of drug-likeness (QED) is 0.0365. The van der Waals surface area contributed by atoms with Crippen LogP contribution in [0.4, 0.5) is 0 Å². The first kappa shape index (κ1) is 53.0. The monoisotopic (exact) mass is 880 g/mol. The summed E-state index contributed by atoms with van der Waals surface area (Å²) in [5.74, 6) is 4.92. The van der Waals surface area contributed by atoms with E-state index in [1.807, 2.05) is 7.11 Å². The van der Waals surface area contributed by atoms with Crippen LogP contribution in [0.2, 0.25) is 0 Å². The Morgan fingerprint density at radius 3 is 2.19 bits per heavy atom. The highest BCUT2D eigenvalue weighted by molar-refractivity contribution is 5.27. The summed E-state index contributed by atoms with van der Waals surface area (Å²) in [7, 11) is 1.83. The molecule has 5 aliphatic rings. The third kappa shape index (κ3) is 16.9. The van der Waals surface area contributed by atoms with Gasteiger partial charge in [0.15, 0.2) is 0 Å². The molecule has 10 atom stereocenters. The number of unbranched alkanes of at least 4 members (excludes halogenated alkanes) is 12. The smallest absolute Gasteiger partial charge is 0.0936 e. The van der Waals surface area contributed by atoms with Gasteiger partial charge in [-0.3, -0.25) is 4.90 Å². The largest absolute Gasteiger partial charge is 0.380 e. The number of nitrogens with zero attached hydrogens (tertiary/aromatic N) is 1. The van der Waals surface area contributed by atoms with Gasteiger partial charge in [0.25, 0.3) is 0 Å². The summed E-state index contributed by atoms with van der Waals surface area (Å²) in [6.07, 6.45) is 41.1. The fraction of sp³-hybridized carbons (Fsp3) is 0.912. The van der Waals surface area contributed by atoms with E-state index in [9.17, 15) is 0 Å². The first-order chi connectivity index (χ1) is 30.7. The van der Waals surface area contributed by atoms with Crippen LogP contribution >= 0.6 is 0 Å². The highest BCUT2D eigenvalue weighted by Crippen LogP contribution is 2.66. The van der Waals surface area contributed by atoms with Crippen LogP contribution in [-0.2, 0) is 23.7 Å². The van der Waals surface area contributed by atoms with Crippen molar-refractivity contribution < 1.29 is 23.7 Å². The molecule has 364 valence electrons. The molecule has 0 radical (unpaired) electrons. The lowest BCUT2D eigenvalue weighted by Gasteiger charge is -2.56. The van der Waals surface area contributed by atoms with E-state index in [0.29, 0.717) is 55.9 Å². The zero-order chi connectivity index (χ0) is 44.8. The molecular formula is C57H101NO5. The topological polar surface area (TPSA) is 49.4 Å². The van der Waals surface area contributed by atoms with Gasteiger partial charge in [-0.25, -0.2) is 0 Å². The maximum Gasteiger partial charge on any atom is 0.0936 e. The van der Waals surface area contributed by atoms with Crippen LogP contribution in [0.15, 0.2) is 29.5 Å². The third-order valence-corrected chi connectivity index (χ3v) is 17.2. The van der Waals surface area contributed by atoms with Crippen molar-refractivity contribution in [2.75, 3.05) is 66.4 Å². The van der Waals surface area contributed by atoms with Crippen molar-refractivity contribution >= 4 is 0 Å². The number of hydrogen-bond acceptors (Lipinski definition) is 6. The molecule has 3 saturated carbocycles. The molecule has 0 amide bonds. The number of ether oxygens (including phenoxy) is 5. The van der Waals surface area contributed by atoms with Crippen LogP contribution in [0.1, 0.15) is 202 Å². The maximum atomic E-state index is 6.49. The van der Waals surface area contributed by atoms with Crippen LogP contribution in [0.25, 0.3) is 0 Å². The number of likely N-dealkylation sites (tertiary alicyclic amines) is 1. The Morgan fingerprint density at radius 1 is 0.730 bits per heavy atom. The minimum atomic E-state index is 0.0543. The maximum absolute atomic E-state index is 6.49. The van der Waals surface area contributed by atoms with Crippen LogP contribution in [0, 0.1) is 46.3 Å². The standard InChI is InChI=1S/C57H101NO5/c1-8-9-10-11-12-13-14-15-16-17-18-19-20-21-22-23-37-61-45-51(44-58-36-33-50(43-58)59-7)63-41-39-60-38-40-62-49-31-34-56(5)48(42-49)27-28-52-54-30-29-53(47(4)26-24-25-46(2)3)57(54,6)35-32-55(52)56/h15-16,28,46-47,49-55H,8-14,17-26,29-45H2,1-7H3/b16-15-/t47-,49+,50?,51?,52+,53-,54+,55?,56+,57-/m1/s1. The molecule has 0 aromatic heterocycles. The van der Waals surface area contributed by atoms with Gasteiger partial charge in [0, 0.05) is 39.8 Å². The number of hydrogen-bond donors (Lipinski definition) is 0. The summed E-state index contributed by atoms with van der Waals surface area (Å²) < 4.78 is 30.8. The van der Waals surface area contributed by atoms with Gasteiger partial charge in [-0.15, -0.1) is 5.73 Å². The Bertz CT molecular complexity index is 1330. The molecule has 4 aliphatic carbocycles. The van der Waals surface area contributed by atoms with Gasteiger partial charge in [0.2, 0.25) is 0 Å². The Hall–Kier alpha value is -0.980. The van der Waals surface area contributed by atoms with Gasteiger partial charge in [-0.05, 0) is 135 Å². The molecule has 0 aromatic carbocycles. The van der Waals surface area contributed by atoms with Gasteiger partial charge in [0.1, 0.15) is 0 Å². The lowest BCUT2D eigenvalue weighted by Crippen LogP contribution is -2.49. The van der Waals surface area contributed by atoms with Crippen molar-refractivity contribution in [3.05, 3.63) is 29.5 Å². The molecular weight excluding hydrogens is 779 g/mol. The van der Waals surface area contributed by atoms with E-state index in [4.69, 9.17) is 23.7 Å². The molecule has 1 saturated heterocycles. The minimum absolute atomic E-state index is 0.0543. The SMILES string of the molecule is CCCCCCCC/C=C\CCCCCCCCOCC(CN1CCC(OC)C1)OCCOCCO[C@H]1CC[C@@]2(C)C(=C=C[C@@H]3C2CC[C@]2(C)[C@@H]([C@H](C)CCCC(C)C)CC[C@@H]32)C1. The third-order valence-electron chi connectivity index (χ3n) is 17.2. The second kappa shape index (κ2) is 29.0. The summed E-state index contributed by atoms with van der Waals surface area (Å²) >= 11 is 0. The van der Waals surface area contributed by atoms with Crippen molar-refractivity contribution in [2.45, 2.75) is 220 Å². The molecule has 4 fully saturated rings. The molecule has 6 heteroatoms. The van der Waals surface area contributed by atoms with Crippen molar-refractivity contribution in [3.8, 4) is 0 Å². The van der Waals surface area contributed by atoms with Crippen LogP contribution < -0.4 is 0 Å². The Labute approximate surface area is 389 Å². The van der Waals surface area contributed by atoms with Crippen molar-refractivity contribution in [2.24, 2.45) is 46.3 Å². The molecule has 63 heavy (non-hydrogen) atoms. The average Bonchev–Trinajstić information content (AvgIpc) is 3.89. The zero-order valence-electron chi connectivity index (χ0n) is 42.5. The van der Waals surface area contributed by atoms with E-state index < -0.39 is 0 Å². The average molecular weight is 880 g/mol. The van der Waals surface area contributed by atoms with Crippen LogP contribution in [0.5, 0.6) is 0 Å². The van der Waals surface area contributed by atoms with E-state index in [2.05, 4.69) is 70.4 Å². The Balaban J connectivity index is 0.928. The van der Waals surface area contributed by atoms with Crippen molar-refractivity contribution in [1.29, 1.82) is 0 Å². The number of fused-ring (bicyclic) bond motifs is 5. The molecule has 5 rings (SSSR count). The van der Waals surface area contributed by atoms with E-state index >= 15 is 0 Å². The summed E-state index contributed by atoms with van der Waals surface area (Å²) in [5, 5.41) is 0. The number of rotatable bonds is 34. The van der Waals surface area contributed by atoms with Gasteiger partial charge in [-0.1, -0.05) is 131 Å². The first-order valence-corrected chi connectivity index (χ1v) is 27.4. The van der Waals surface area contributed by atoms with Crippen LogP contribution in [0.3, 0.4) is 0 Å². The fourth-order valence-corrected chi connectivity index (χ4v) is 13.3. The molecule has 6 nitrogen and oxygen atoms in total. The summed E-state index contributed by atoms with van der Waals surface area (Å²) in [6, 6.07) is 0. The number of allylic oxidation sites excluding steroid dienone is 2. The van der Waals surface area contributed by atoms with Gasteiger partial charge < -0.3 is 23.7 Å². The van der Waals surface area contributed by atoms with E-state index in [0.717, 1.165) is 81.5 Å². The summed E-state index contributed by atoms with van der Waals surface area (Å²) in [4.78, 5) is 2.47. The fourth-order valence-electron chi connectivity index (χ4n) is 13.3. The van der Waals surface area contributed by atoms with Crippen molar-refractivity contribution in [1.82, 2.24) is 4.90 Å². The molecule has 0 spiro atoms. The first-order valence-electron chi connectivity index (χ1n) is 27.4. The van der Waals surface area contributed by atoms with Gasteiger partial charge in [-0.2, -0.15) is 0 Å². The second-order valence-electron chi connectivity index (χ2n) is 22.3. The van der Waals surface area contributed by atoms with E-state index in [1.165, 1.54) is 135 Å². The molecule has 1 heterocycles.